The van der Waals surface area contributed by atoms with Crippen LogP contribution in [0, 0.1) is 0 Å². The molecule has 1 saturated heterocycles. The van der Waals surface area contributed by atoms with Gasteiger partial charge < -0.3 is 10.6 Å². The molecular weight excluding hydrogens is 276 g/mol. The summed E-state index contributed by atoms with van der Waals surface area (Å²) < 4.78 is 0. The van der Waals surface area contributed by atoms with E-state index in [4.69, 9.17) is 17.3 Å². The molecule has 0 aromatic heterocycles. The Morgan fingerprint density at radius 1 is 1.53 bits per heavy atom. The average Bonchev–Trinajstić information content (AvgIpc) is 2.38. The second kappa shape index (κ2) is 6.87. The Morgan fingerprint density at radius 2 is 2.32 bits per heavy atom. The average molecular weight is 299 g/mol. The van der Waals surface area contributed by atoms with Gasteiger partial charge in [-0.25, -0.2) is 0 Å². The van der Waals surface area contributed by atoms with Crippen molar-refractivity contribution < 1.29 is 0 Å². The van der Waals surface area contributed by atoms with E-state index in [9.17, 15) is 0 Å². The third-order valence-electron chi connectivity index (χ3n) is 3.63. The number of nitrogens with zero attached hydrogens (tertiary/aromatic N) is 1. The number of hydrogen-bond acceptors (Lipinski definition) is 3. The Morgan fingerprint density at radius 3 is 3.00 bits per heavy atom. The van der Waals surface area contributed by atoms with E-state index in [1.807, 2.05) is 6.07 Å². The van der Waals surface area contributed by atoms with Crippen molar-refractivity contribution in [1.29, 1.82) is 0 Å². The molecule has 1 aliphatic heterocycles. The van der Waals surface area contributed by atoms with Crippen molar-refractivity contribution in [2.45, 2.75) is 38.0 Å². The van der Waals surface area contributed by atoms with Crippen LogP contribution in [0.15, 0.2) is 18.2 Å². The van der Waals surface area contributed by atoms with E-state index < -0.39 is 0 Å². The van der Waals surface area contributed by atoms with Crippen molar-refractivity contribution in [3.05, 3.63) is 28.8 Å². The first-order valence-corrected chi connectivity index (χ1v) is 8.43. The number of anilines is 1. The van der Waals surface area contributed by atoms with E-state index in [1.54, 1.807) is 0 Å². The van der Waals surface area contributed by atoms with Crippen LogP contribution in [0.2, 0.25) is 5.02 Å². The summed E-state index contributed by atoms with van der Waals surface area (Å²) in [5.41, 5.74) is 8.73. The maximum atomic E-state index is 6.15. The molecule has 0 saturated carbocycles. The van der Waals surface area contributed by atoms with Crippen LogP contribution in [0.25, 0.3) is 0 Å². The first-order valence-electron chi connectivity index (χ1n) is 7.00. The van der Waals surface area contributed by atoms with Gasteiger partial charge in [-0.15, -0.1) is 0 Å². The van der Waals surface area contributed by atoms with Crippen molar-refractivity contribution in [2.75, 3.05) is 23.7 Å². The van der Waals surface area contributed by atoms with Gasteiger partial charge in [0.05, 0.1) is 0 Å². The lowest BCUT2D eigenvalue weighted by atomic mass is 10.0. The summed E-state index contributed by atoms with van der Waals surface area (Å²) in [5.74, 6) is 1.20. The third kappa shape index (κ3) is 4.04. The molecule has 2 nitrogen and oxygen atoms in total. The predicted molar refractivity (Wildman–Crippen MR) is 87.6 cm³/mol. The minimum Gasteiger partial charge on any atom is -0.369 e. The maximum absolute atomic E-state index is 6.15. The first-order chi connectivity index (χ1) is 9.10. The zero-order valence-electron chi connectivity index (χ0n) is 11.7. The summed E-state index contributed by atoms with van der Waals surface area (Å²) >= 11 is 8.20. The first kappa shape index (κ1) is 15.0. The fraction of sp³-hybridized carbons (Fsp3) is 0.600. The maximum Gasteiger partial charge on any atom is 0.0410 e. The standard InChI is InChI=1S/C15H23ClN2S/c1-3-14(17)9-12-8-13(16)4-5-15(12)18-6-7-19-11(2)10-18/h4-5,8,11,14H,3,6-7,9-10,17H2,1-2H3. The highest BCUT2D eigenvalue weighted by molar-refractivity contribution is 8.00. The Hall–Kier alpha value is -0.380. The molecular formula is C15H23ClN2S. The Balaban J connectivity index is 2.22. The normalized spacial score (nSPS) is 21.5. The van der Waals surface area contributed by atoms with Crippen LogP contribution < -0.4 is 10.6 Å². The fourth-order valence-electron chi connectivity index (χ4n) is 2.49. The van der Waals surface area contributed by atoms with Crippen LogP contribution in [0.1, 0.15) is 25.8 Å². The molecule has 1 heterocycles. The van der Waals surface area contributed by atoms with Gasteiger partial charge in [-0.2, -0.15) is 11.8 Å². The van der Waals surface area contributed by atoms with Crippen LogP contribution in [0.5, 0.6) is 0 Å². The Labute approximate surface area is 125 Å². The molecule has 0 bridgehead atoms. The molecule has 1 aromatic rings. The summed E-state index contributed by atoms with van der Waals surface area (Å²) in [6, 6.07) is 6.44. The third-order valence-corrected chi connectivity index (χ3v) is 5.00. The lowest BCUT2D eigenvalue weighted by Crippen LogP contribution is -2.37. The van der Waals surface area contributed by atoms with Gasteiger partial charge in [0.2, 0.25) is 0 Å². The predicted octanol–water partition coefficient (Wildman–Crippen LogP) is 3.56. The largest absolute Gasteiger partial charge is 0.369 e. The summed E-state index contributed by atoms with van der Waals surface area (Å²) in [7, 11) is 0. The van der Waals surface area contributed by atoms with Gasteiger partial charge in [0, 0.05) is 40.8 Å². The molecule has 0 aliphatic carbocycles. The van der Waals surface area contributed by atoms with E-state index in [-0.39, 0.29) is 6.04 Å². The van der Waals surface area contributed by atoms with Gasteiger partial charge in [0.15, 0.2) is 0 Å². The molecule has 1 aliphatic rings. The number of nitrogens with two attached hydrogens (primary N) is 1. The van der Waals surface area contributed by atoms with Crippen molar-refractivity contribution >= 4 is 29.1 Å². The highest BCUT2D eigenvalue weighted by Crippen LogP contribution is 2.29. The Kier molecular flexibility index (Phi) is 5.43. The van der Waals surface area contributed by atoms with Crippen LogP contribution in [0.3, 0.4) is 0 Å². The molecule has 1 aromatic carbocycles. The summed E-state index contributed by atoms with van der Waals surface area (Å²) in [6.45, 7) is 6.66. The van der Waals surface area contributed by atoms with Gasteiger partial charge in [-0.05, 0) is 36.6 Å². The molecule has 2 N–H and O–H groups in total. The van der Waals surface area contributed by atoms with Gasteiger partial charge >= 0.3 is 0 Å². The van der Waals surface area contributed by atoms with Gasteiger partial charge in [-0.1, -0.05) is 25.4 Å². The highest BCUT2D eigenvalue weighted by atomic mass is 35.5. The molecule has 19 heavy (non-hydrogen) atoms. The molecule has 0 amide bonds. The fourth-order valence-corrected chi connectivity index (χ4v) is 3.70. The van der Waals surface area contributed by atoms with Gasteiger partial charge in [0.25, 0.3) is 0 Å². The molecule has 106 valence electrons. The topological polar surface area (TPSA) is 29.3 Å². The number of halogens is 1. The van der Waals surface area contributed by atoms with Crippen molar-refractivity contribution in [3.8, 4) is 0 Å². The quantitative estimate of drug-likeness (QED) is 0.921. The van der Waals surface area contributed by atoms with Crippen LogP contribution >= 0.6 is 23.4 Å². The molecule has 0 spiro atoms. The molecule has 1 fully saturated rings. The summed E-state index contributed by atoms with van der Waals surface area (Å²) in [6.07, 6.45) is 1.91. The van der Waals surface area contributed by atoms with Crippen LogP contribution in [-0.4, -0.2) is 30.1 Å². The van der Waals surface area contributed by atoms with Crippen molar-refractivity contribution in [1.82, 2.24) is 0 Å². The highest BCUT2D eigenvalue weighted by Gasteiger charge is 2.20. The second-order valence-corrected chi connectivity index (χ2v) is 7.26. The van der Waals surface area contributed by atoms with E-state index in [1.165, 1.54) is 17.0 Å². The lowest BCUT2D eigenvalue weighted by Gasteiger charge is -2.34. The smallest absolute Gasteiger partial charge is 0.0410 e. The lowest BCUT2D eigenvalue weighted by molar-refractivity contribution is 0.643. The van der Waals surface area contributed by atoms with Crippen molar-refractivity contribution in [2.24, 2.45) is 5.73 Å². The van der Waals surface area contributed by atoms with E-state index >= 15 is 0 Å². The number of rotatable bonds is 4. The van der Waals surface area contributed by atoms with Crippen LogP contribution in [0.4, 0.5) is 5.69 Å². The van der Waals surface area contributed by atoms with Gasteiger partial charge in [-0.3, -0.25) is 0 Å². The summed E-state index contributed by atoms with van der Waals surface area (Å²) in [4.78, 5) is 2.48. The molecule has 2 atom stereocenters. The van der Waals surface area contributed by atoms with Gasteiger partial charge in [0.1, 0.15) is 0 Å². The summed E-state index contributed by atoms with van der Waals surface area (Å²) in [5, 5.41) is 1.50. The van der Waals surface area contributed by atoms with Crippen molar-refractivity contribution in [3.63, 3.8) is 0 Å². The zero-order chi connectivity index (χ0) is 13.8. The molecule has 2 unspecified atom stereocenters. The van der Waals surface area contributed by atoms with E-state index in [2.05, 4.69) is 42.6 Å². The number of hydrogen-bond donors (Lipinski definition) is 1. The SMILES string of the molecule is CCC(N)Cc1cc(Cl)ccc1N1CCSC(C)C1. The van der Waals surface area contributed by atoms with E-state index in [0.29, 0.717) is 5.25 Å². The zero-order valence-corrected chi connectivity index (χ0v) is 13.3. The number of thioether (sulfide) groups is 1. The minimum atomic E-state index is 0.216. The minimum absolute atomic E-state index is 0.216. The number of benzene rings is 1. The molecule has 2 rings (SSSR count). The van der Waals surface area contributed by atoms with Crippen LogP contribution in [-0.2, 0) is 6.42 Å². The Bertz CT molecular complexity index is 425. The molecule has 0 radical (unpaired) electrons. The monoisotopic (exact) mass is 298 g/mol. The van der Waals surface area contributed by atoms with E-state index in [0.717, 1.165) is 31.0 Å². The molecule has 4 heteroatoms. The second-order valence-electron chi connectivity index (χ2n) is 5.27.